The maximum absolute atomic E-state index is 13.1. The molecule has 1 aliphatic rings. The number of rotatable bonds is 4. The zero-order valence-electron chi connectivity index (χ0n) is 9.94. The van der Waals surface area contributed by atoms with Gasteiger partial charge in [-0.15, -0.1) is 0 Å². The van der Waals surface area contributed by atoms with Crippen molar-refractivity contribution in [2.24, 2.45) is 16.8 Å². The molecule has 5 nitrogen and oxygen atoms in total. The summed E-state index contributed by atoms with van der Waals surface area (Å²) in [6, 6.07) is 3.49. The van der Waals surface area contributed by atoms with Crippen molar-refractivity contribution in [2.45, 2.75) is 18.9 Å². The molecule has 1 atom stereocenters. The summed E-state index contributed by atoms with van der Waals surface area (Å²) in [5.74, 6) is -0.642. The average molecular weight is 330 g/mol. The average Bonchev–Trinajstić information content (AvgIpc) is 3.22. The van der Waals surface area contributed by atoms with Gasteiger partial charge in [-0.25, -0.2) is 4.39 Å². The molecule has 1 amide bonds. The predicted octanol–water partition coefficient (Wildman–Crippen LogP) is 1.84. The van der Waals surface area contributed by atoms with E-state index in [2.05, 4.69) is 26.4 Å². The van der Waals surface area contributed by atoms with Crippen LogP contribution in [-0.2, 0) is 0 Å². The van der Waals surface area contributed by atoms with Gasteiger partial charge < -0.3 is 16.3 Å². The van der Waals surface area contributed by atoms with E-state index in [1.807, 2.05) is 0 Å². The van der Waals surface area contributed by atoms with E-state index in [1.54, 1.807) is 0 Å². The summed E-state index contributed by atoms with van der Waals surface area (Å²) in [5.41, 5.74) is 5.86. The van der Waals surface area contributed by atoms with Crippen LogP contribution in [0.3, 0.4) is 0 Å². The molecule has 2 rings (SSSR count). The zero-order chi connectivity index (χ0) is 14.0. The molecule has 1 aromatic rings. The monoisotopic (exact) mass is 329 g/mol. The lowest BCUT2D eigenvalue weighted by molar-refractivity contribution is 0.0943. The summed E-state index contributed by atoms with van der Waals surface area (Å²) in [6.07, 6.45) is 1.85. The van der Waals surface area contributed by atoms with Gasteiger partial charge in [-0.3, -0.25) is 4.79 Å². The van der Waals surface area contributed by atoms with Gasteiger partial charge in [0.2, 0.25) is 0 Å². The standard InChI is InChI=1S/C12H13BrFN3O2/c13-8-5-7(3-4-9(8)14)12(18)16-10(6-1-2-6)11(15)17-19/h3-6,10,19H,1-2H2,(H2,15,17)(H,16,18). The van der Waals surface area contributed by atoms with Crippen LogP contribution in [0.1, 0.15) is 23.2 Å². The lowest BCUT2D eigenvalue weighted by Crippen LogP contribution is -2.46. The van der Waals surface area contributed by atoms with Crippen LogP contribution in [0.2, 0.25) is 0 Å². The Balaban J connectivity index is 2.12. The van der Waals surface area contributed by atoms with E-state index in [-0.39, 0.29) is 22.1 Å². The lowest BCUT2D eigenvalue weighted by atomic mass is 10.1. The number of halogens is 2. The van der Waals surface area contributed by atoms with Crippen molar-refractivity contribution >= 4 is 27.7 Å². The third kappa shape index (κ3) is 3.23. The van der Waals surface area contributed by atoms with Gasteiger partial charge in [-0.2, -0.15) is 0 Å². The topological polar surface area (TPSA) is 87.7 Å². The largest absolute Gasteiger partial charge is 0.409 e. The van der Waals surface area contributed by atoms with Gasteiger partial charge in [0.25, 0.3) is 5.91 Å². The van der Waals surface area contributed by atoms with Gasteiger partial charge in [0.1, 0.15) is 5.82 Å². The number of hydrogen-bond donors (Lipinski definition) is 3. The highest BCUT2D eigenvalue weighted by Crippen LogP contribution is 2.33. The van der Waals surface area contributed by atoms with E-state index >= 15 is 0 Å². The molecule has 102 valence electrons. The van der Waals surface area contributed by atoms with E-state index in [0.717, 1.165) is 12.8 Å². The highest BCUT2D eigenvalue weighted by Gasteiger charge is 2.35. The lowest BCUT2D eigenvalue weighted by Gasteiger charge is -2.16. The van der Waals surface area contributed by atoms with Crippen molar-refractivity contribution in [3.63, 3.8) is 0 Å². The van der Waals surface area contributed by atoms with Crippen molar-refractivity contribution in [1.82, 2.24) is 5.32 Å². The van der Waals surface area contributed by atoms with Gasteiger partial charge in [0.05, 0.1) is 10.5 Å². The van der Waals surface area contributed by atoms with E-state index in [0.29, 0.717) is 5.56 Å². The Morgan fingerprint density at radius 3 is 2.79 bits per heavy atom. The maximum atomic E-state index is 13.1. The molecule has 1 saturated carbocycles. The van der Waals surface area contributed by atoms with Crippen LogP contribution >= 0.6 is 15.9 Å². The predicted molar refractivity (Wildman–Crippen MR) is 71.5 cm³/mol. The minimum absolute atomic E-state index is 0.0166. The molecule has 0 heterocycles. The molecule has 1 aromatic carbocycles. The molecule has 19 heavy (non-hydrogen) atoms. The normalized spacial score (nSPS) is 17.1. The number of amidine groups is 1. The van der Waals surface area contributed by atoms with Crippen molar-refractivity contribution in [1.29, 1.82) is 0 Å². The van der Waals surface area contributed by atoms with Crippen LogP contribution in [0.5, 0.6) is 0 Å². The summed E-state index contributed by atoms with van der Waals surface area (Å²) >= 11 is 3.02. The summed E-state index contributed by atoms with van der Waals surface area (Å²) in [4.78, 5) is 12.0. The zero-order valence-corrected chi connectivity index (χ0v) is 11.5. The highest BCUT2D eigenvalue weighted by molar-refractivity contribution is 9.10. The number of oxime groups is 1. The van der Waals surface area contributed by atoms with Crippen LogP contribution in [-0.4, -0.2) is 23.0 Å². The molecule has 4 N–H and O–H groups in total. The summed E-state index contributed by atoms with van der Waals surface area (Å²) in [5, 5.41) is 14.3. The van der Waals surface area contributed by atoms with Crippen LogP contribution in [0.4, 0.5) is 4.39 Å². The Morgan fingerprint density at radius 2 is 2.26 bits per heavy atom. The van der Waals surface area contributed by atoms with E-state index in [4.69, 9.17) is 10.9 Å². The summed E-state index contributed by atoms with van der Waals surface area (Å²) in [6.45, 7) is 0. The number of carbonyl (C=O) groups excluding carboxylic acids is 1. The van der Waals surface area contributed by atoms with Gasteiger partial charge in [0, 0.05) is 5.56 Å². The SMILES string of the molecule is N/C(=N/O)C(NC(=O)c1ccc(F)c(Br)c1)C1CC1. The van der Waals surface area contributed by atoms with E-state index in [1.165, 1.54) is 18.2 Å². The number of nitrogens with one attached hydrogen (secondary N) is 1. The van der Waals surface area contributed by atoms with E-state index in [9.17, 15) is 9.18 Å². The smallest absolute Gasteiger partial charge is 0.251 e. The van der Waals surface area contributed by atoms with Gasteiger partial charge >= 0.3 is 0 Å². The molecule has 0 aliphatic heterocycles. The fraction of sp³-hybridized carbons (Fsp3) is 0.333. The number of carbonyl (C=O) groups is 1. The number of amides is 1. The second-order valence-corrected chi connectivity index (χ2v) is 5.30. The molecular formula is C12H13BrFN3O2. The Labute approximate surface area is 117 Å². The van der Waals surface area contributed by atoms with Crippen molar-refractivity contribution in [3.8, 4) is 0 Å². The fourth-order valence-corrected chi connectivity index (χ4v) is 2.17. The first kappa shape index (κ1) is 13.8. The molecule has 0 bridgehead atoms. The van der Waals surface area contributed by atoms with Crippen LogP contribution < -0.4 is 11.1 Å². The molecule has 0 spiro atoms. The van der Waals surface area contributed by atoms with E-state index < -0.39 is 11.9 Å². The van der Waals surface area contributed by atoms with Crippen LogP contribution in [0.15, 0.2) is 27.8 Å². The minimum atomic E-state index is -0.485. The summed E-state index contributed by atoms with van der Waals surface area (Å²) in [7, 11) is 0. The number of hydrogen-bond acceptors (Lipinski definition) is 3. The second kappa shape index (κ2) is 5.56. The summed E-state index contributed by atoms with van der Waals surface area (Å²) < 4.78 is 13.3. The Bertz CT molecular complexity index is 532. The van der Waals surface area contributed by atoms with Crippen molar-refractivity contribution in [3.05, 3.63) is 34.1 Å². The third-order valence-electron chi connectivity index (χ3n) is 3.00. The Morgan fingerprint density at radius 1 is 1.58 bits per heavy atom. The van der Waals surface area contributed by atoms with Crippen molar-refractivity contribution in [2.75, 3.05) is 0 Å². The number of nitrogens with zero attached hydrogens (tertiary/aromatic N) is 1. The molecule has 1 aliphatic carbocycles. The second-order valence-electron chi connectivity index (χ2n) is 4.44. The fourth-order valence-electron chi connectivity index (χ4n) is 1.79. The molecule has 1 unspecified atom stereocenters. The van der Waals surface area contributed by atoms with Crippen LogP contribution in [0, 0.1) is 11.7 Å². The van der Waals surface area contributed by atoms with Gasteiger partial charge in [0.15, 0.2) is 5.84 Å². The molecule has 7 heteroatoms. The highest BCUT2D eigenvalue weighted by atomic mass is 79.9. The maximum Gasteiger partial charge on any atom is 0.251 e. The quantitative estimate of drug-likeness (QED) is 0.341. The molecule has 1 fully saturated rings. The molecule has 0 radical (unpaired) electrons. The molecule has 0 saturated heterocycles. The van der Waals surface area contributed by atoms with Gasteiger partial charge in [-0.1, -0.05) is 5.16 Å². The first-order valence-electron chi connectivity index (χ1n) is 5.76. The molecular weight excluding hydrogens is 317 g/mol. The molecule has 0 aromatic heterocycles. The van der Waals surface area contributed by atoms with Crippen LogP contribution in [0.25, 0.3) is 0 Å². The third-order valence-corrected chi connectivity index (χ3v) is 3.60. The first-order chi connectivity index (χ1) is 9.02. The van der Waals surface area contributed by atoms with Gasteiger partial charge in [-0.05, 0) is 52.9 Å². The first-order valence-corrected chi connectivity index (χ1v) is 6.55. The Kier molecular flexibility index (Phi) is 4.04. The number of benzene rings is 1. The minimum Gasteiger partial charge on any atom is -0.409 e. The number of nitrogens with two attached hydrogens (primary N) is 1. The Hall–Kier alpha value is -1.63. The van der Waals surface area contributed by atoms with Crippen molar-refractivity contribution < 1.29 is 14.4 Å².